The first-order valence-corrected chi connectivity index (χ1v) is 9.94. The van der Waals surface area contributed by atoms with E-state index in [4.69, 9.17) is 36.8 Å². The van der Waals surface area contributed by atoms with E-state index in [2.05, 4.69) is 9.98 Å². The van der Waals surface area contributed by atoms with Crippen LogP contribution in [0.4, 0.5) is 14.5 Å². The molecule has 0 saturated heterocycles. The Hall–Kier alpha value is -4.61. The number of phenolic OH excluding ortho intramolecular Hbond substituents is 1. The van der Waals surface area contributed by atoms with E-state index in [9.17, 15) is 5.11 Å². The van der Waals surface area contributed by atoms with Crippen molar-refractivity contribution in [3.8, 4) is 34.8 Å². The topological polar surface area (TPSA) is 175 Å². The van der Waals surface area contributed by atoms with Gasteiger partial charge < -0.3 is 36.5 Å². The summed E-state index contributed by atoms with van der Waals surface area (Å²) in [5.41, 5.74) is 16.7. The number of benzene rings is 2. The fourth-order valence-corrected chi connectivity index (χ4v) is 2.69. The zero-order valence-electron chi connectivity index (χ0n) is 18.0. The van der Waals surface area contributed by atoms with Crippen molar-refractivity contribution in [3.05, 3.63) is 59.7 Å². The van der Waals surface area contributed by atoms with Gasteiger partial charge in [0, 0.05) is 11.6 Å². The summed E-state index contributed by atoms with van der Waals surface area (Å²) in [6.45, 7) is 1.76. The SMILES string of the molecule is CCCOc1c(F)c(Oc2cccc(N=C(N)N)c2)nc(Oc2cc(C(=N)N)ccc2O)c1F. The number of nitrogens with two attached hydrogens (primary N) is 3. The number of hydrogen-bond acceptors (Lipinski definition) is 7. The summed E-state index contributed by atoms with van der Waals surface area (Å²) in [5.74, 6) is -5.70. The smallest absolute Gasteiger partial charge is 0.263 e. The molecule has 0 aliphatic carbocycles. The van der Waals surface area contributed by atoms with Crippen LogP contribution < -0.4 is 31.4 Å². The predicted octanol–water partition coefficient (Wildman–Crippen LogP) is 3.63. The lowest BCUT2D eigenvalue weighted by atomic mass is 10.2. The number of pyridine rings is 1. The largest absolute Gasteiger partial charge is 0.504 e. The maximum atomic E-state index is 15.1. The summed E-state index contributed by atoms with van der Waals surface area (Å²) in [4.78, 5) is 7.66. The molecule has 2 aromatic carbocycles. The summed E-state index contributed by atoms with van der Waals surface area (Å²) in [6, 6.07) is 9.78. The minimum Gasteiger partial charge on any atom is -0.504 e. The van der Waals surface area contributed by atoms with E-state index in [0.717, 1.165) is 0 Å². The molecular weight excluding hydrogens is 450 g/mol. The molecule has 1 heterocycles. The van der Waals surface area contributed by atoms with E-state index < -0.39 is 29.1 Å². The van der Waals surface area contributed by atoms with Crippen LogP contribution in [0.15, 0.2) is 47.5 Å². The van der Waals surface area contributed by atoms with Crippen LogP contribution in [-0.2, 0) is 0 Å². The Labute approximate surface area is 193 Å². The Morgan fingerprint density at radius 2 is 1.76 bits per heavy atom. The van der Waals surface area contributed by atoms with Gasteiger partial charge in [-0.2, -0.15) is 13.8 Å². The van der Waals surface area contributed by atoms with E-state index in [0.29, 0.717) is 12.1 Å². The number of nitrogen functional groups attached to an aromatic ring is 1. The van der Waals surface area contributed by atoms with Gasteiger partial charge in [0.05, 0.1) is 12.3 Å². The van der Waals surface area contributed by atoms with Crippen LogP contribution in [-0.4, -0.2) is 28.5 Å². The van der Waals surface area contributed by atoms with Gasteiger partial charge in [-0.25, -0.2) is 4.99 Å². The zero-order valence-corrected chi connectivity index (χ0v) is 18.0. The molecule has 0 saturated carbocycles. The standard InChI is InChI=1S/C22H22F2N6O4/c1-2-8-32-18-16(23)20(33-13-5-3-4-12(10-13)29-22(27)28)30-21(17(18)24)34-15-9-11(19(25)26)6-7-14(15)31/h3-7,9-10,31H,2,8H2,1H3,(H3,25,26)(H4,27,28,29). The van der Waals surface area contributed by atoms with E-state index in [1.54, 1.807) is 19.1 Å². The van der Waals surface area contributed by atoms with Crippen molar-refractivity contribution >= 4 is 17.5 Å². The number of ether oxygens (including phenoxy) is 3. The van der Waals surface area contributed by atoms with Gasteiger partial charge in [0.1, 0.15) is 11.6 Å². The van der Waals surface area contributed by atoms with Crippen molar-refractivity contribution in [2.45, 2.75) is 13.3 Å². The van der Waals surface area contributed by atoms with Gasteiger partial charge in [-0.1, -0.05) is 13.0 Å². The Balaban J connectivity index is 2.06. The van der Waals surface area contributed by atoms with Crippen molar-refractivity contribution in [2.75, 3.05) is 6.61 Å². The molecule has 0 aliphatic rings. The highest BCUT2D eigenvalue weighted by molar-refractivity contribution is 5.95. The van der Waals surface area contributed by atoms with Crippen molar-refractivity contribution < 1.29 is 28.1 Å². The normalized spacial score (nSPS) is 10.4. The summed E-state index contributed by atoms with van der Waals surface area (Å²) >= 11 is 0. The van der Waals surface area contributed by atoms with Gasteiger partial charge in [0.15, 0.2) is 17.5 Å². The van der Waals surface area contributed by atoms with Crippen molar-refractivity contribution in [1.29, 1.82) is 5.41 Å². The fourth-order valence-electron chi connectivity index (χ4n) is 2.69. The quantitative estimate of drug-likeness (QED) is 0.232. The molecule has 8 N–H and O–H groups in total. The van der Waals surface area contributed by atoms with Crippen LogP contribution in [0.2, 0.25) is 0 Å². The maximum absolute atomic E-state index is 15.1. The van der Waals surface area contributed by atoms with Crippen LogP contribution >= 0.6 is 0 Å². The molecule has 0 spiro atoms. The van der Waals surface area contributed by atoms with Gasteiger partial charge in [-0.05, 0) is 36.8 Å². The number of aliphatic imine (C=N–C) groups is 1. The Morgan fingerprint density at radius 1 is 1.06 bits per heavy atom. The molecule has 0 unspecified atom stereocenters. The van der Waals surface area contributed by atoms with Gasteiger partial charge in [0.25, 0.3) is 11.8 Å². The van der Waals surface area contributed by atoms with Crippen LogP contribution in [0.25, 0.3) is 0 Å². The first kappa shape index (κ1) is 24.0. The Kier molecular flexibility index (Phi) is 7.31. The molecule has 0 aliphatic heterocycles. The molecule has 1 aromatic heterocycles. The number of amidine groups is 1. The van der Waals surface area contributed by atoms with Crippen LogP contribution in [0.1, 0.15) is 18.9 Å². The Bertz CT molecular complexity index is 1250. The summed E-state index contributed by atoms with van der Waals surface area (Å²) in [6.07, 6.45) is 0.468. The van der Waals surface area contributed by atoms with Crippen LogP contribution in [0.3, 0.4) is 0 Å². The lowest BCUT2D eigenvalue weighted by molar-refractivity contribution is 0.266. The second-order valence-electron chi connectivity index (χ2n) is 6.86. The molecule has 178 valence electrons. The van der Waals surface area contributed by atoms with Gasteiger partial charge >= 0.3 is 0 Å². The summed E-state index contributed by atoms with van der Waals surface area (Å²) in [5, 5.41) is 17.6. The molecule has 0 bridgehead atoms. The Morgan fingerprint density at radius 3 is 2.41 bits per heavy atom. The highest BCUT2D eigenvalue weighted by atomic mass is 19.1. The minimum atomic E-state index is -1.25. The molecule has 0 amide bonds. The first-order chi connectivity index (χ1) is 16.2. The third-order valence-corrected chi connectivity index (χ3v) is 4.20. The lowest BCUT2D eigenvalue weighted by Gasteiger charge is -2.15. The number of aromatic hydroxyl groups is 1. The third-order valence-electron chi connectivity index (χ3n) is 4.20. The van der Waals surface area contributed by atoms with Crippen LogP contribution in [0.5, 0.6) is 34.8 Å². The van der Waals surface area contributed by atoms with Crippen molar-refractivity contribution in [2.24, 2.45) is 22.2 Å². The molecule has 3 aromatic rings. The zero-order chi connectivity index (χ0) is 24.8. The molecule has 10 nitrogen and oxygen atoms in total. The fraction of sp³-hybridized carbons (Fsp3) is 0.136. The molecule has 0 atom stereocenters. The van der Waals surface area contributed by atoms with Crippen molar-refractivity contribution in [3.63, 3.8) is 0 Å². The third kappa shape index (κ3) is 5.59. The second kappa shape index (κ2) is 10.3. The predicted molar refractivity (Wildman–Crippen MR) is 121 cm³/mol. The highest BCUT2D eigenvalue weighted by Gasteiger charge is 2.26. The number of halogens is 2. The van der Waals surface area contributed by atoms with Crippen molar-refractivity contribution in [1.82, 2.24) is 4.98 Å². The van der Waals surface area contributed by atoms with Gasteiger partial charge in [-0.3, -0.25) is 5.41 Å². The van der Waals surface area contributed by atoms with Gasteiger partial charge in [-0.15, -0.1) is 0 Å². The number of nitrogens with one attached hydrogen (secondary N) is 1. The molecular formula is C22H22F2N6O4. The maximum Gasteiger partial charge on any atom is 0.263 e. The average Bonchev–Trinajstić information content (AvgIpc) is 2.78. The second-order valence-corrected chi connectivity index (χ2v) is 6.86. The number of aromatic nitrogens is 1. The molecule has 12 heteroatoms. The minimum absolute atomic E-state index is 0.00177. The summed E-state index contributed by atoms with van der Waals surface area (Å²) < 4.78 is 46.2. The number of phenols is 1. The first-order valence-electron chi connectivity index (χ1n) is 9.94. The number of guanidine groups is 1. The lowest BCUT2D eigenvalue weighted by Crippen LogP contribution is -2.21. The number of nitrogens with zero attached hydrogens (tertiary/aromatic N) is 2. The van der Waals surface area contributed by atoms with Crippen LogP contribution in [0, 0.1) is 17.0 Å². The number of hydrogen-bond donors (Lipinski definition) is 5. The van der Waals surface area contributed by atoms with E-state index in [1.807, 2.05) is 0 Å². The molecule has 3 rings (SSSR count). The number of rotatable bonds is 9. The monoisotopic (exact) mass is 472 g/mol. The molecule has 0 fully saturated rings. The molecule has 0 radical (unpaired) electrons. The average molecular weight is 472 g/mol. The summed E-state index contributed by atoms with van der Waals surface area (Å²) in [7, 11) is 0. The van der Waals surface area contributed by atoms with E-state index in [1.165, 1.54) is 30.3 Å². The van der Waals surface area contributed by atoms with E-state index >= 15 is 8.78 Å². The van der Waals surface area contributed by atoms with E-state index in [-0.39, 0.29) is 41.2 Å². The highest BCUT2D eigenvalue weighted by Crippen LogP contribution is 2.39. The van der Waals surface area contributed by atoms with Gasteiger partial charge in [0.2, 0.25) is 17.4 Å². The molecule has 34 heavy (non-hydrogen) atoms.